The van der Waals surface area contributed by atoms with Gasteiger partial charge in [0.1, 0.15) is 11.1 Å². The van der Waals surface area contributed by atoms with Crippen LogP contribution in [0.1, 0.15) is 42.5 Å². The van der Waals surface area contributed by atoms with E-state index in [4.69, 9.17) is 4.42 Å². The molecule has 2 fully saturated rings. The summed E-state index contributed by atoms with van der Waals surface area (Å²) in [7, 11) is 0. The number of carbonyl (C=O) groups excluding carboxylic acids is 1. The van der Waals surface area contributed by atoms with E-state index in [1.54, 1.807) is 12.1 Å². The number of fused-ring (bicyclic) bond motifs is 2. The molecular weight excluding hydrogens is 290 g/mol. The molecule has 4 rings (SSSR count). The van der Waals surface area contributed by atoms with Gasteiger partial charge in [-0.25, -0.2) is 4.79 Å². The number of hydrogen-bond acceptors (Lipinski definition) is 3. The van der Waals surface area contributed by atoms with Crippen molar-refractivity contribution in [2.75, 3.05) is 13.1 Å². The lowest BCUT2D eigenvalue weighted by molar-refractivity contribution is 0.0517. The summed E-state index contributed by atoms with van der Waals surface area (Å²) in [6.45, 7) is 1.54. The normalized spacial score (nSPS) is 24.4. The van der Waals surface area contributed by atoms with Gasteiger partial charge in [-0.05, 0) is 36.8 Å². The highest BCUT2D eigenvalue weighted by molar-refractivity contribution is 5.96. The molecule has 2 heterocycles. The minimum atomic E-state index is -0.528. The molecule has 4 heteroatoms. The summed E-state index contributed by atoms with van der Waals surface area (Å²) in [4.78, 5) is 26.8. The maximum Gasteiger partial charge on any atom is 0.349 e. The molecule has 0 radical (unpaired) electrons. The molecule has 1 aromatic carbocycles. The van der Waals surface area contributed by atoms with E-state index < -0.39 is 5.63 Å². The quantitative estimate of drug-likeness (QED) is 0.758. The summed E-state index contributed by atoms with van der Waals surface area (Å²) in [5.74, 6) is 1.20. The first-order valence-electron chi connectivity index (χ1n) is 8.54. The van der Waals surface area contributed by atoms with Crippen LogP contribution in [0.2, 0.25) is 0 Å². The van der Waals surface area contributed by atoms with E-state index in [9.17, 15) is 9.59 Å². The maximum absolute atomic E-state index is 12.8. The van der Waals surface area contributed by atoms with Crippen molar-refractivity contribution < 1.29 is 9.21 Å². The smallest absolute Gasteiger partial charge is 0.349 e. The molecule has 2 aliphatic rings. The van der Waals surface area contributed by atoms with Crippen molar-refractivity contribution in [3.63, 3.8) is 0 Å². The predicted molar refractivity (Wildman–Crippen MR) is 88.5 cm³/mol. The SMILES string of the molecule is O=C(c1cc2ccccc2oc1=O)N1CC[C@@H]2CCCC[C@H]2C1. The molecule has 0 unspecified atom stereocenters. The molecule has 1 aromatic heterocycles. The highest BCUT2D eigenvalue weighted by Gasteiger charge is 2.34. The number of rotatable bonds is 1. The molecule has 2 aromatic rings. The van der Waals surface area contributed by atoms with Gasteiger partial charge in [-0.15, -0.1) is 0 Å². The van der Waals surface area contributed by atoms with Gasteiger partial charge >= 0.3 is 5.63 Å². The monoisotopic (exact) mass is 311 g/mol. The molecule has 1 amide bonds. The van der Waals surface area contributed by atoms with Crippen LogP contribution in [0.15, 0.2) is 39.5 Å². The Morgan fingerprint density at radius 1 is 1.09 bits per heavy atom. The molecular formula is C19H21NO3. The standard InChI is InChI=1S/C19H21NO3/c21-18(20-10-9-13-5-1-2-7-15(13)12-20)16-11-14-6-3-4-8-17(14)23-19(16)22/h3-4,6,8,11,13,15H,1-2,5,7,9-10,12H2/t13-,15-/m0/s1. The number of carbonyl (C=O) groups is 1. The van der Waals surface area contributed by atoms with Gasteiger partial charge in [-0.2, -0.15) is 0 Å². The lowest BCUT2D eigenvalue weighted by Crippen LogP contribution is -2.45. The second-order valence-electron chi connectivity index (χ2n) is 6.83. The fourth-order valence-corrected chi connectivity index (χ4v) is 4.17. The third-order valence-corrected chi connectivity index (χ3v) is 5.45. The van der Waals surface area contributed by atoms with Crippen LogP contribution in [0, 0.1) is 11.8 Å². The zero-order valence-corrected chi connectivity index (χ0v) is 13.2. The number of likely N-dealkylation sites (tertiary alicyclic amines) is 1. The number of nitrogens with zero attached hydrogens (tertiary/aromatic N) is 1. The second kappa shape index (κ2) is 5.84. The Hall–Kier alpha value is -2.10. The highest BCUT2D eigenvalue weighted by atomic mass is 16.4. The van der Waals surface area contributed by atoms with Crippen LogP contribution in [-0.2, 0) is 0 Å². The van der Waals surface area contributed by atoms with Crippen LogP contribution in [0.5, 0.6) is 0 Å². The van der Waals surface area contributed by atoms with Crippen LogP contribution in [0.25, 0.3) is 11.0 Å². The van der Waals surface area contributed by atoms with E-state index in [-0.39, 0.29) is 11.5 Å². The van der Waals surface area contributed by atoms with Gasteiger partial charge in [0, 0.05) is 18.5 Å². The topological polar surface area (TPSA) is 50.5 Å². The Kier molecular flexibility index (Phi) is 3.68. The van der Waals surface area contributed by atoms with Crippen molar-refractivity contribution in [1.82, 2.24) is 4.90 Å². The molecule has 4 nitrogen and oxygen atoms in total. The Bertz CT molecular complexity index is 795. The van der Waals surface area contributed by atoms with Gasteiger partial charge in [0.25, 0.3) is 5.91 Å². The maximum atomic E-state index is 12.8. The molecule has 1 aliphatic heterocycles. The van der Waals surface area contributed by atoms with E-state index in [2.05, 4.69) is 0 Å². The number of hydrogen-bond donors (Lipinski definition) is 0. The Labute approximate surface area is 135 Å². The van der Waals surface area contributed by atoms with Gasteiger partial charge in [0.15, 0.2) is 0 Å². The molecule has 1 saturated carbocycles. The summed E-state index contributed by atoms with van der Waals surface area (Å²) in [5, 5.41) is 0.794. The fourth-order valence-electron chi connectivity index (χ4n) is 4.17. The molecule has 0 N–H and O–H groups in total. The van der Waals surface area contributed by atoms with Gasteiger partial charge < -0.3 is 9.32 Å². The van der Waals surface area contributed by atoms with Crippen molar-refractivity contribution in [2.45, 2.75) is 32.1 Å². The zero-order chi connectivity index (χ0) is 15.8. The number of benzene rings is 1. The van der Waals surface area contributed by atoms with E-state index in [1.165, 1.54) is 25.7 Å². The Morgan fingerprint density at radius 2 is 1.87 bits per heavy atom. The minimum absolute atomic E-state index is 0.165. The third kappa shape index (κ3) is 2.67. The van der Waals surface area contributed by atoms with Gasteiger partial charge in [0.05, 0.1) is 0 Å². The van der Waals surface area contributed by atoms with Crippen LogP contribution in [-0.4, -0.2) is 23.9 Å². The predicted octanol–water partition coefficient (Wildman–Crippen LogP) is 3.45. The fraction of sp³-hybridized carbons (Fsp3) is 0.474. The summed E-state index contributed by atoms with van der Waals surface area (Å²) in [5.41, 5.74) is 0.164. The number of para-hydroxylation sites is 1. The second-order valence-corrected chi connectivity index (χ2v) is 6.83. The average molecular weight is 311 g/mol. The molecule has 120 valence electrons. The molecule has 23 heavy (non-hydrogen) atoms. The highest BCUT2D eigenvalue weighted by Crippen LogP contribution is 2.36. The van der Waals surface area contributed by atoms with Gasteiger partial charge in [-0.1, -0.05) is 37.5 Å². The van der Waals surface area contributed by atoms with Crippen LogP contribution < -0.4 is 5.63 Å². The van der Waals surface area contributed by atoms with Crippen molar-refractivity contribution in [1.29, 1.82) is 0 Å². The largest absolute Gasteiger partial charge is 0.422 e. The van der Waals surface area contributed by atoms with Crippen molar-refractivity contribution in [3.05, 3.63) is 46.3 Å². The first kappa shape index (κ1) is 14.5. The molecule has 0 spiro atoms. The number of piperidine rings is 1. The molecule has 0 bridgehead atoms. The third-order valence-electron chi connectivity index (χ3n) is 5.45. The first-order valence-corrected chi connectivity index (χ1v) is 8.54. The number of amides is 1. The van der Waals surface area contributed by atoms with Crippen LogP contribution >= 0.6 is 0 Å². The van der Waals surface area contributed by atoms with E-state index in [0.717, 1.165) is 30.8 Å². The molecule has 1 aliphatic carbocycles. The summed E-state index contributed by atoms with van der Waals surface area (Å²) in [6, 6.07) is 8.99. The average Bonchev–Trinajstić information content (AvgIpc) is 2.60. The lowest BCUT2D eigenvalue weighted by Gasteiger charge is -2.41. The summed E-state index contributed by atoms with van der Waals surface area (Å²) < 4.78 is 5.31. The van der Waals surface area contributed by atoms with E-state index in [0.29, 0.717) is 11.5 Å². The lowest BCUT2D eigenvalue weighted by atomic mass is 9.75. The summed E-state index contributed by atoms with van der Waals surface area (Å²) in [6.07, 6.45) is 6.16. The van der Waals surface area contributed by atoms with Crippen molar-refractivity contribution in [3.8, 4) is 0 Å². The van der Waals surface area contributed by atoms with Crippen molar-refractivity contribution >= 4 is 16.9 Å². The van der Waals surface area contributed by atoms with Crippen LogP contribution in [0.3, 0.4) is 0 Å². The van der Waals surface area contributed by atoms with E-state index >= 15 is 0 Å². The van der Waals surface area contributed by atoms with Crippen molar-refractivity contribution in [2.24, 2.45) is 11.8 Å². The van der Waals surface area contributed by atoms with E-state index in [1.807, 2.05) is 23.1 Å². The van der Waals surface area contributed by atoms with Gasteiger partial charge in [-0.3, -0.25) is 4.79 Å². The minimum Gasteiger partial charge on any atom is -0.422 e. The Balaban J connectivity index is 1.61. The Morgan fingerprint density at radius 3 is 2.74 bits per heavy atom. The summed E-state index contributed by atoms with van der Waals surface area (Å²) >= 11 is 0. The molecule has 2 atom stereocenters. The van der Waals surface area contributed by atoms with Crippen LogP contribution in [0.4, 0.5) is 0 Å². The first-order chi connectivity index (χ1) is 11.2. The van der Waals surface area contributed by atoms with Gasteiger partial charge in [0.2, 0.25) is 0 Å². The zero-order valence-electron chi connectivity index (χ0n) is 13.2. The molecule has 1 saturated heterocycles.